The van der Waals surface area contributed by atoms with Gasteiger partial charge < -0.3 is 15.0 Å². The number of aromatic nitrogens is 3. The van der Waals surface area contributed by atoms with Crippen molar-refractivity contribution >= 4 is 29.0 Å². The maximum Gasteiger partial charge on any atom is 0.265 e. The molecule has 1 aliphatic heterocycles. The van der Waals surface area contributed by atoms with Crippen LogP contribution in [0.5, 0.6) is 5.75 Å². The summed E-state index contributed by atoms with van der Waals surface area (Å²) in [5, 5.41) is 3.15. The number of amides is 1. The molecule has 0 fully saturated rings. The second-order valence-electron chi connectivity index (χ2n) is 7.84. The molecule has 0 radical (unpaired) electrons. The van der Waals surface area contributed by atoms with E-state index in [0.717, 1.165) is 16.8 Å². The Morgan fingerprint density at radius 3 is 2.82 bits per heavy atom. The van der Waals surface area contributed by atoms with Gasteiger partial charge in [-0.1, -0.05) is 18.2 Å². The van der Waals surface area contributed by atoms with E-state index >= 15 is 0 Å². The van der Waals surface area contributed by atoms with E-state index in [0.29, 0.717) is 35.2 Å². The third kappa shape index (κ3) is 4.47. The standard InChI is InChI=1S/C26H21N5O3/c1-17(32)19-5-2-6-21(12-19)29-26-28-11-9-22(30-26)20-7-8-24-23(13-20)31(25(33)16-34-24)15-18-4-3-10-27-14-18/h2-14H,15-16H2,1H3,(H,28,29,30). The Balaban J connectivity index is 1.44. The van der Waals surface area contributed by atoms with Gasteiger partial charge in [-0.3, -0.25) is 14.6 Å². The number of hydrogen-bond donors (Lipinski definition) is 1. The van der Waals surface area contributed by atoms with Crippen molar-refractivity contribution in [3.63, 3.8) is 0 Å². The Labute approximate surface area is 196 Å². The molecule has 0 saturated carbocycles. The smallest absolute Gasteiger partial charge is 0.265 e. The van der Waals surface area contributed by atoms with Gasteiger partial charge in [-0.05, 0) is 55.0 Å². The summed E-state index contributed by atoms with van der Waals surface area (Å²) in [6, 6.07) is 18.4. The van der Waals surface area contributed by atoms with Gasteiger partial charge in [0.1, 0.15) is 5.75 Å². The fourth-order valence-corrected chi connectivity index (χ4v) is 3.73. The summed E-state index contributed by atoms with van der Waals surface area (Å²) < 4.78 is 5.65. The number of rotatable bonds is 6. The number of nitrogens with zero attached hydrogens (tertiary/aromatic N) is 4. The lowest BCUT2D eigenvalue weighted by atomic mass is 10.1. The fraction of sp³-hybridized carbons (Fsp3) is 0.115. The van der Waals surface area contributed by atoms with Crippen LogP contribution in [0.15, 0.2) is 79.3 Å². The van der Waals surface area contributed by atoms with Crippen molar-refractivity contribution in [3.8, 4) is 17.0 Å². The van der Waals surface area contributed by atoms with Crippen LogP contribution in [0.2, 0.25) is 0 Å². The SMILES string of the molecule is CC(=O)c1cccc(Nc2nccc(-c3ccc4c(c3)N(Cc3cccnc3)C(=O)CO4)n2)c1. The fourth-order valence-electron chi connectivity index (χ4n) is 3.73. The first-order valence-corrected chi connectivity index (χ1v) is 10.7. The minimum atomic E-state index is -0.121. The Morgan fingerprint density at radius 2 is 2.00 bits per heavy atom. The van der Waals surface area contributed by atoms with Crippen LogP contribution in [0.4, 0.5) is 17.3 Å². The van der Waals surface area contributed by atoms with Gasteiger partial charge in [-0.2, -0.15) is 0 Å². The van der Waals surface area contributed by atoms with Crippen molar-refractivity contribution in [1.82, 2.24) is 15.0 Å². The van der Waals surface area contributed by atoms with Crippen LogP contribution in [-0.2, 0) is 11.3 Å². The van der Waals surface area contributed by atoms with Gasteiger partial charge in [0.05, 0.1) is 17.9 Å². The van der Waals surface area contributed by atoms with Crippen LogP contribution in [0.3, 0.4) is 0 Å². The summed E-state index contributed by atoms with van der Waals surface area (Å²) in [6.45, 7) is 1.92. The molecule has 3 heterocycles. The van der Waals surface area contributed by atoms with E-state index in [-0.39, 0.29) is 18.3 Å². The van der Waals surface area contributed by atoms with E-state index < -0.39 is 0 Å². The van der Waals surface area contributed by atoms with Gasteiger partial charge in [0, 0.05) is 35.4 Å². The van der Waals surface area contributed by atoms with Crippen LogP contribution in [0.25, 0.3) is 11.3 Å². The van der Waals surface area contributed by atoms with Crippen molar-refractivity contribution < 1.29 is 14.3 Å². The van der Waals surface area contributed by atoms with Crippen molar-refractivity contribution in [2.45, 2.75) is 13.5 Å². The van der Waals surface area contributed by atoms with Crippen molar-refractivity contribution in [2.24, 2.45) is 0 Å². The normalized spacial score (nSPS) is 12.6. The molecule has 2 aromatic heterocycles. The summed E-state index contributed by atoms with van der Waals surface area (Å²) in [5.41, 5.74) is 4.43. The van der Waals surface area contributed by atoms with E-state index in [9.17, 15) is 9.59 Å². The van der Waals surface area contributed by atoms with E-state index in [4.69, 9.17) is 4.74 Å². The molecule has 34 heavy (non-hydrogen) atoms. The highest BCUT2D eigenvalue weighted by Gasteiger charge is 2.26. The first-order chi connectivity index (χ1) is 16.6. The second kappa shape index (κ2) is 9.11. The molecule has 1 amide bonds. The summed E-state index contributed by atoms with van der Waals surface area (Å²) in [6.07, 6.45) is 5.11. The molecule has 0 aliphatic carbocycles. The monoisotopic (exact) mass is 451 g/mol. The molecule has 2 aromatic carbocycles. The molecule has 8 nitrogen and oxygen atoms in total. The molecule has 5 rings (SSSR count). The Bertz CT molecular complexity index is 1370. The second-order valence-corrected chi connectivity index (χ2v) is 7.84. The number of fused-ring (bicyclic) bond motifs is 1. The molecular weight excluding hydrogens is 430 g/mol. The molecule has 8 heteroatoms. The molecule has 0 atom stereocenters. The van der Waals surface area contributed by atoms with E-state index in [2.05, 4.69) is 20.3 Å². The summed E-state index contributed by atoms with van der Waals surface area (Å²) in [5.74, 6) is 0.903. The van der Waals surface area contributed by atoms with Crippen LogP contribution >= 0.6 is 0 Å². The van der Waals surface area contributed by atoms with Gasteiger partial charge in [0.2, 0.25) is 5.95 Å². The van der Waals surface area contributed by atoms with Gasteiger partial charge in [0.15, 0.2) is 12.4 Å². The highest BCUT2D eigenvalue weighted by Crippen LogP contribution is 2.36. The topological polar surface area (TPSA) is 97.3 Å². The Hall–Kier alpha value is -4.59. The number of pyridine rings is 1. The molecule has 0 spiro atoms. The van der Waals surface area contributed by atoms with Gasteiger partial charge >= 0.3 is 0 Å². The zero-order valence-electron chi connectivity index (χ0n) is 18.4. The number of hydrogen-bond acceptors (Lipinski definition) is 7. The zero-order valence-corrected chi connectivity index (χ0v) is 18.4. The summed E-state index contributed by atoms with van der Waals surface area (Å²) in [4.78, 5) is 39.1. The third-order valence-electron chi connectivity index (χ3n) is 5.44. The zero-order chi connectivity index (χ0) is 23.5. The molecule has 168 valence electrons. The maximum atomic E-state index is 12.7. The molecule has 0 bridgehead atoms. The highest BCUT2D eigenvalue weighted by molar-refractivity contribution is 5.98. The highest BCUT2D eigenvalue weighted by atomic mass is 16.5. The van der Waals surface area contributed by atoms with Crippen molar-refractivity contribution in [2.75, 3.05) is 16.8 Å². The van der Waals surface area contributed by atoms with E-state index in [1.165, 1.54) is 6.92 Å². The first-order valence-electron chi connectivity index (χ1n) is 10.7. The Morgan fingerprint density at radius 1 is 1.09 bits per heavy atom. The number of benzene rings is 2. The molecule has 1 N–H and O–H groups in total. The van der Waals surface area contributed by atoms with Crippen molar-refractivity contribution in [1.29, 1.82) is 0 Å². The number of ether oxygens (including phenoxy) is 1. The van der Waals surface area contributed by atoms with Crippen molar-refractivity contribution in [3.05, 3.63) is 90.4 Å². The summed E-state index contributed by atoms with van der Waals surface area (Å²) >= 11 is 0. The number of anilines is 3. The minimum Gasteiger partial charge on any atom is -0.482 e. The predicted octanol–water partition coefficient (Wildman–Crippen LogP) is 4.41. The lowest BCUT2D eigenvalue weighted by Crippen LogP contribution is -2.38. The lowest BCUT2D eigenvalue weighted by molar-refractivity contribution is -0.121. The molecule has 0 saturated heterocycles. The number of Topliss-reactive ketones (excluding diaryl/α,β-unsaturated/α-hetero) is 1. The summed E-state index contributed by atoms with van der Waals surface area (Å²) in [7, 11) is 0. The van der Waals surface area contributed by atoms with Gasteiger partial charge in [-0.25, -0.2) is 9.97 Å². The van der Waals surface area contributed by atoms with Crippen LogP contribution in [0.1, 0.15) is 22.8 Å². The average Bonchev–Trinajstić information content (AvgIpc) is 2.86. The third-order valence-corrected chi connectivity index (χ3v) is 5.44. The maximum absolute atomic E-state index is 12.7. The number of carbonyl (C=O) groups excluding carboxylic acids is 2. The van der Waals surface area contributed by atoms with Crippen LogP contribution < -0.4 is 15.0 Å². The molecule has 4 aromatic rings. The molecular formula is C26H21N5O3. The predicted molar refractivity (Wildman–Crippen MR) is 128 cm³/mol. The Kier molecular flexibility index (Phi) is 5.70. The number of ketones is 1. The minimum absolute atomic E-state index is 0.00644. The van der Waals surface area contributed by atoms with Crippen LogP contribution in [-0.4, -0.2) is 33.2 Å². The van der Waals surface area contributed by atoms with Crippen LogP contribution in [0, 0.1) is 0 Å². The van der Waals surface area contributed by atoms with Gasteiger partial charge in [0.25, 0.3) is 5.91 Å². The molecule has 1 aliphatic rings. The molecule has 0 unspecified atom stereocenters. The number of nitrogens with one attached hydrogen (secondary N) is 1. The quantitative estimate of drug-likeness (QED) is 0.434. The first kappa shape index (κ1) is 21.3. The van der Waals surface area contributed by atoms with E-state index in [1.807, 2.05) is 36.4 Å². The number of carbonyl (C=O) groups is 2. The van der Waals surface area contributed by atoms with E-state index in [1.54, 1.807) is 47.8 Å². The average molecular weight is 451 g/mol. The van der Waals surface area contributed by atoms with Gasteiger partial charge in [-0.15, -0.1) is 0 Å². The lowest BCUT2D eigenvalue weighted by Gasteiger charge is -2.29. The largest absolute Gasteiger partial charge is 0.482 e.